The lowest BCUT2D eigenvalue weighted by Gasteiger charge is -2.08. The molecular weight excluding hydrogens is 380 g/mol. The molecule has 1 amide bonds. The average Bonchev–Trinajstić information content (AvgIpc) is 3.29. The van der Waals surface area contributed by atoms with E-state index in [1.54, 1.807) is 38.6 Å². The third-order valence-electron chi connectivity index (χ3n) is 4.69. The maximum Gasteiger partial charge on any atom is 0.289 e. The summed E-state index contributed by atoms with van der Waals surface area (Å²) in [6.45, 7) is 0. The molecule has 4 rings (SSSR count). The quantitative estimate of drug-likeness (QED) is 0.378. The number of nitrogens with one attached hydrogen (secondary N) is 2. The molecule has 2 N–H and O–H groups in total. The number of methoxy groups -OCH3 is 2. The first kappa shape index (κ1) is 19.2. The number of carbonyl (C=O) groups is 1. The van der Waals surface area contributed by atoms with Gasteiger partial charge in [0.05, 0.1) is 26.1 Å². The Balaban J connectivity index is 1.49. The van der Waals surface area contributed by atoms with E-state index < -0.39 is 0 Å². The zero-order valence-electron chi connectivity index (χ0n) is 16.5. The molecule has 0 aliphatic heterocycles. The highest BCUT2D eigenvalue weighted by Crippen LogP contribution is 2.31. The maximum atomic E-state index is 12.4. The first-order chi connectivity index (χ1) is 14.7. The van der Waals surface area contributed by atoms with Crippen LogP contribution in [0.15, 0.2) is 71.8 Å². The summed E-state index contributed by atoms with van der Waals surface area (Å²) in [5.41, 5.74) is 5.16. The first-order valence-electron chi connectivity index (χ1n) is 9.28. The predicted molar refractivity (Wildman–Crippen MR) is 116 cm³/mol. The van der Waals surface area contributed by atoms with E-state index in [9.17, 15) is 4.79 Å². The van der Waals surface area contributed by atoms with Gasteiger partial charge in [0, 0.05) is 11.1 Å². The van der Waals surface area contributed by atoms with Gasteiger partial charge >= 0.3 is 0 Å². The molecular formula is C23H20N4O3. The largest absolute Gasteiger partial charge is 0.493 e. The first-order valence-corrected chi connectivity index (χ1v) is 9.28. The Morgan fingerprint density at radius 2 is 1.80 bits per heavy atom. The number of fused-ring (bicyclic) bond motifs is 1. The smallest absolute Gasteiger partial charge is 0.289 e. The van der Waals surface area contributed by atoms with Gasteiger partial charge in [-0.1, -0.05) is 42.5 Å². The Hall–Kier alpha value is -4.13. The van der Waals surface area contributed by atoms with E-state index in [2.05, 4.69) is 20.7 Å². The number of nitrogens with zero attached hydrogens (tertiary/aromatic N) is 2. The minimum Gasteiger partial charge on any atom is -0.493 e. The molecule has 30 heavy (non-hydrogen) atoms. The molecule has 0 atom stereocenters. The van der Waals surface area contributed by atoms with Crippen LogP contribution in [0.5, 0.6) is 11.5 Å². The van der Waals surface area contributed by atoms with Crippen LogP contribution in [0.1, 0.15) is 16.1 Å². The van der Waals surface area contributed by atoms with E-state index in [1.807, 2.05) is 48.5 Å². The van der Waals surface area contributed by atoms with Gasteiger partial charge in [-0.3, -0.25) is 9.89 Å². The Kier molecular flexibility index (Phi) is 5.43. The fourth-order valence-corrected chi connectivity index (χ4v) is 3.17. The summed E-state index contributed by atoms with van der Waals surface area (Å²) >= 11 is 0. The molecule has 7 nitrogen and oxygen atoms in total. The van der Waals surface area contributed by atoms with E-state index in [4.69, 9.17) is 9.47 Å². The molecule has 0 bridgehead atoms. The van der Waals surface area contributed by atoms with Crippen molar-refractivity contribution in [3.63, 3.8) is 0 Å². The van der Waals surface area contributed by atoms with E-state index in [1.165, 1.54) is 0 Å². The highest BCUT2D eigenvalue weighted by atomic mass is 16.5. The van der Waals surface area contributed by atoms with Crippen LogP contribution in [0.2, 0.25) is 0 Å². The van der Waals surface area contributed by atoms with Crippen molar-refractivity contribution in [2.45, 2.75) is 0 Å². The number of hydrazone groups is 1. The van der Waals surface area contributed by atoms with Crippen molar-refractivity contribution in [2.24, 2.45) is 5.10 Å². The zero-order valence-corrected chi connectivity index (χ0v) is 16.5. The zero-order chi connectivity index (χ0) is 20.9. The minimum atomic E-state index is -0.384. The topological polar surface area (TPSA) is 88.6 Å². The van der Waals surface area contributed by atoms with Gasteiger partial charge in [0.2, 0.25) is 0 Å². The molecule has 150 valence electrons. The highest BCUT2D eigenvalue weighted by Gasteiger charge is 2.12. The number of benzene rings is 3. The molecule has 4 aromatic rings. The standard InChI is InChI=1S/C23H20N4O3/c1-29-21-11-10-16(12-22(21)30-2)19-13-20(26-25-19)23(28)27-24-14-17-8-5-7-15-6-3-4-9-18(15)17/h3-14H,1-2H3,(H,25,26)(H,27,28). The predicted octanol–water partition coefficient (Wildman–Crippen LogP) is 4.01. The fraction of sp³-hybridized carbons (Fsp3) is 0.0870. The number of carbonyl (C=O) groups excluding carboxylic acids is 1. The van der Waals surface area contributed by atoms with Crippen LogP contribution in [0, 0.1) is 0 Å². The molecule has 0 aliphatic rings. The number of rotatable bonds is 6. The van der Waals surface area contributed by atoms with Gasteiger partial charge < -0.3 is 9.47 Å². The van der Waals surface area contributed by atoms with E-state index >= 15 is 0 Å². The fourth-order valence-electron chi connectivity index (χ4n) is 3.17. The van der Waals surface area contributed by atoms with Crippen molar-refractivity contribution in [1.29, 1.82) is 0 Å². The van der Waals surface area contributed by atoms with Crippen LogP contribution in [0.3, 0.4) is 0 Å². The summed E-state index contributed by atoms with van der Waals surface area (Å²) in [6.07, 6.45) is 1.63. The Labute approximate surface area is 173 Å². The monoisotopic (exact) mass is 400 g/mol. The van der Waals surface area contributed by atoms with Crippen molar-refractivity contribution >= 4 is 22.9 Å². The molecule has 0 spiro atoms. The van der Waals surface area contributed by atoms with Gasteiger partial charge in [-0.2, -0.15) is 10.2 Å². The molecule has 0 radical (unpaired) electrons. The molecule has 0 fully saturated rings. The molecule has 0 unspecified atom stereocenters. The highest BCUT2D eigenvalue weighted by molar-refractivity contribution is 6.00. The number of aromatic nitrogens is 2. The van der Waals surface area contributed by atoms with Crippen molar-refractivity contribution < 1.29 is 14.3 Å². The van der Waals surface area contributed by atoms with Crippen LogP contribution in [0.25, 0.3) is 22.0 Å². The van der Waals surface area contributed by atoms with E-state index in [0.717, 1.165) is 21.9 Å². The van der Waals surface area contributed by atoms with Crippen LogP contribution in [0.4, 0.5) is 0 Å². The lowest BCUT2D eigenvalue weighted by molar-refractivity contribution is 0.0950. The molecule has 0 saturated heterocycles. The van der Waals surface area contributed by atoms with Gasteiger partial charge in [-0.15, -0.1) is 0 Å². The Morgan fingerprint density at radius 1 is 1.00 bits per heavy atom. The summed E-state index contributed by atoms with van der Waals surface area (Å²) in [6, 6.07) is 21.0. The molecule has 1 heterocycles. The number of hydrogen-bond acceptors (Lipinski definition) is 5. The summed E-state index contributed by atoms with van der Waals surface area (Å²) in [4.78, 5) is 12.4. The summed E-state index contributed by atoms with van der Waals surface area (Å²) in [5.74, 6) is 0.826. The average molecular weight is 400 g/mol. The maximum absolute atomic E-state index is 12.4. The lowest BCUT2D eigenvalue weighted by atomic mass is 10.1. The Morgan fingerprint density at radius 3 is 2.63 bits per heavy atom. The number of hydrogen-bond donors (Lipinski definition) is 2. The Bertz CT molecular complexity index is 1220. The summed E-state index contributed by atoms with van der Waals surface area (Å²) < 4.78 is 10.6. The second-order valence-corrected chi connectivity index (χ2v) is 6.50. The molecule has 1 aromatic heterocycles. The lowest BCUT2D eigenvalue weighted by Crippen LogP contribution is -2.18. The van der Waals surface area contributed by atoms with Crippen LogP contribution < -0.4 is 14.9 Å². The van der Waals surface area contributed by atoms with Gasteiger partial charge in [-0.25, -0.2) is 5.43 Å². The minimum absolute atomic E-state index is 0.301. The van der Waals surface area contributed by atoms with Gasteiger partial charge in [0.1, 0.15) is 5.69 Å². The second kappa shape index (κ2) is 8.48. The molecule has 7 heteroatoms. The van der Waals surface area contributed by atoms with Crippen LogP contribution in [-0.4, -0.2) is 36.5 Å². The van der Waals surface area contributed by atoms with Crippen molar-refractivity contribution in [2.75, 3.05) is 14.2 Å². The molecule has 0 aliphatic carbocycles. The van der Waals surface area contributed by atoms with Crippen molar-refractivity contribution in [1.82, 2.24) is 15.6 Å². The number of aromatic amines is 1. The summed E-state index contributed by atoms with van der Waals surface area (Å²) in [7, 11) is 3.15. The third kappa shape index (κ3) is 3.86. The van der Waals surface area contributed by atoms with Crippen molar-refractivity contribution in [3.05, 3.63) is 78.0 Å². The van der Waals surface area contributed by atoms with Gasteiger partial charge in [0.25, 0.3) is 5.91 Å². The SMILES string of the molecule is COc1ccc(-c2cc(C(=O)NN=Cc3cccc4ccccc34)[nH]n2)cc1OC. The number of amides is 1. The van der Waals surface area contributed by atoms with Gasteiger partial charge in [-0.05, 0) is 35.0 Å². The second-order valence-electron chi connectivity index (χ2n) is 6.50. The van der Waals surface area contributed by atoms with Gasteiger partial charge in [0.15, 0.2) is 11.5 Å². The molecule has 0 saturated carbocycles. The van der Waals surface area contributed by atoms with Crippen LogP contribution >= 0.6 is 0 Å². The summed E-state index contributed by atoms with van der Waals surface area (Å²) in [5, 5.41) is 13.2. The number of ether oxygens (including phenoxy) is 2. The van der Waals surface area contributed by atoms with Crippen LogP contribution in [-0.2, 0) is 0 Å². The van der Waals surface area contributed by atoms with Crippen molar-refractivity contribution in [3.8, 4) is 22.8 Å². The van der Waals surface area contributed by atoms with E-state index in [0.29, 0.717) is 22.9 Å². The third-order valence-corrected chi connectivity index (χ3v) is 4.69. The molecule has 3 aromatic carbocycles. The number of H-pyrrole nitrogens is 1. The normalized spacial score (nSPS) is 11.0. The van der Waals surface area contributed by atoms with E-state index in [-0.39, 0.29) is 5.91 Å².